The SMILES string of the molecule is CN=C(NCc1cccc(OC)c1)NCC(C)N1CCN(c2ccccc2)CC1.I. The number of anilines is 1. The molecule has 30 heavy (non-hydrogen) atoms. The monoisotopic (exact) mass is 523 g/mol. The van der Waals surface area contributed by atoms with Crippen LogP contribution in [0.3, 0.4) is 0 Å². The summed E-state index contributed by atoms with van der Waals surface area (Å²) in [5.41, 5.74) is 2.48. The molecule has 6 nitrogen and oxygen atoms in total. The van der Waals surface area contributed by atoms with Gasteiger partial charge in [0.2, 0.25) is 0 Å². The molecule has 7 heteroatoms. The van der Waals surface area contributed by atoms with E-state index in [9.17, 15) is 0 Å². The highest BCUT2D eigenvalue weighted by molar-refractivity contribution is 14.0. The fourth-order valence-corrected chi connectivity index (χ4v) is 3.62. The summed E-state index contributed by atoms with van der Waals surface area (Å²) in [6, 6.07) is 19.2. The lowest BCUT2D eigenvalue weighted by Crippen LogP contribution is -2.53. The largest absolute Gasteiger partial charge is 0.497 e. The lowest BCUT2D eigenvalue weighted by atomic mass is 10.2. The molecule has 1 fully saturated rings. The first-order valence-corrected chi connectivity index (χ1v) is 10.3. The van der Waals surface area contributed by atoms with Gasteiger partial charge in [-0.25, -0.2) is 0 Å². The molecule has 0 aliphatic carbocycles. The number of nitrogens with one attached hydrogen (secondary N) is 2. The van der Waals surface area contributed by atoms with Gasteiger partial charge in [-0.1, -0.05) is 30.3 Å². The number of benzene rings is 2. The molecule has 1 aliphatic heterocycles. The molecule has 1 saturated heterocycles. The van der Waals surface area contributed by atoms with Gasteiger partial charge >= 0.3 is 0 Å². The molecule has 0 saturated carbocycles. The molecule has 164 valence electrons. The van der Waals surface area contributed by atoms with Crippen molar-refractivity contribution in [2.24, 2.45) is 4.99 Å². The Bertz CT molecular complexity index is 778. The van der Waals surface area contributed by atoms with Crippen molar-refractivity contribution < 1.29 is 4.74 Å². The fourth-order valence-electron chi connectivity index (χ4n) is 3.62. The highest BCUT2D eigenvalue weighted by atomic mass is 127. The van der Waals surface area contributed by atoms with E-state index in [0.29, 0.717) is 12.6 Å². The number of ether oxygens (including phenoxy) is 1. The summed E-state index contributed by atoms with van der Waals surface area (Å²) >= 11 is 0. The van der Waals surface area contributed by atoms with Crippen LogP contribution in [-0.4, -0.2) is 63.8 Å². The van der Waals surface area contributed by atoms with Crippen molar-refractivity contribution >= 4 is 35.6 Å². The zero-order chi connectivity index (χ0) is 20.5. The van der Waals surface area contributed by atoms with Gasteiger partial charge in [0.1, 0.15) is 5.75 Å². The quantitative estimate of drug-likeness (QED) is 0.332. The minimum atomic E-state index is 0. The predicted molar refractivity (Wildman–Crippen MR) is 136 cm³/mol. The highest BCUT2D eigenvalue weighted by Gasteiger charge is 2.21. The Hall–Kier alpha value is -2.00. The molecule has 1 atom stereocenters. The van der Waals surface area contributed by atoms with Crippen molar-refractivity contribution in [3.8, 4) is 5.75 Å². The molecule has 1 unspecified atom stereocenters. The molecule has 1 heterocycles. The molecule has 3 rings (SSSR count). The van der Waals surface area contributed by atoms with Crippen molar-refractivity contribution in [2.45, 2.75) is 19.5 Å². The molecule has 0 bridgehead atoms. The molecule has 2 N–H and O–H groups in total. The molecule has 0 radical (unpaired) electrons. The summed E-state index contributed by atoms with van der Waals surface area (Å²) in [6.45, 7) is 8.14. The zero-order valence-electron chi connectivity index (χ0n) is 18.2. The van der Waals surface area contributed by atoms with Crippen LogP contribution in [0.2, 0.25) is 0 Å². The average molecular weight is 523 g/mol. The van der Waals surface area contributed by atoms with E-state index in [1.165, 1.54) is 5.69 Å². The van der Waals surface area contributed by atoms with Crippen molar-refractivity contribution in [2.75, 3.05) is 51.8 Å². The molecular formula is C23H34IN5O. The molecule has 0 aromatic heterocycles. The van der Waals surface area contributed by atoms with E-state index in [1.54, 1.807) is 7.11 Å². The first kappa shape index (κ1) is 24.3. The van der Waals surface area contributed by atoms with E-state index in [2.05, 4.69) is 68.7 Å². The third kappa shape index (κ3) is 7.05. The Morgan fingerprint density at radius 3 is 2.43 bits per heavy atom. The second-order valence-corrected chi connectivity index (χ2v) is 7.37. The van der Waals surface area contributed by atoms with Gasteiger partial charge in [-0.15, -0.1) is 24.0 Å². The van der Waals surface area contributed by atoms with Crippen LogP contribution in [0.4, 0.5) is 5.69 Å². The number of para-hydroxylation sites is 1. The smallest absolute Gasteiger partial charge is 0.191 e. The summed E-state index contributed by atoms with van der Waals surface area (Å²) in [5, 5.41) is 6.84. The summed E-state index contributed by atoms with van der Waals surface area (Å²) in [5.74, 6) is 1.69. The Balaban J connectivity index is 0.00000320. The highest BCUT2D eigenvalue weighted by Crippen LogP contribution is 2.16. The van der Waals surface area contributed by atoms with E-state index in [4.69, 9.17) is 4.74 Å². The van der Waals surface area contributed by atoms with E-state index in [0.717, 1.165) is 50.0 Å². The van der Waals surface area contributed by atoms with Crippen LogP contribution in [0.25, 0.3) is 0 Å². The van der Waals surface area contributed by atoms with Crippen LogP contribution in [-0.2, 0) is 6.54 Å². The molecule has 2 aromatic rings. The van der Waals surface area contributed by atoms with Crippen molar-refractivity contribution in [1.29, 1.82) is 0 Å². The van der Waals surface area contributed by atoms with E-state index in [-0.39, 0.29) is 24.0 Å². The fraction of sp³-hybridized carbons (Fsp3) is 0.435. The van der Waals surface area contributed by atoms with Crippen molar-refractivity contribution in [3.05, 3.63) is 60.2 Å². The van der Waals surface area contributed by atoms with Gasteiger partial charge in [-0.05, 0) is 36.8 Å². The minimum Gasteiger partial charge on any atom is -0.497 e. The second-order valence-electron chi connectivity index (χ2n) is 7.37. The number of methoxy groups -OCH3 is 1. The average Bonchev–Trinajstić information content (AvgIpc) is 2.80. The maximum Gasteiger partial charge on any atom is 0.191 e. The number of halogens is 1. The van der Waals surface area contributed by atoms with Crippen LogP contribution in [0.15, 0.2) is 59.6 Å². The molecule has 0 spiro atoms. The minimum absolute atomic E-state index is 0. The predicted octanol–water partition coefficient (Wildman–Crippen LogP) is 3.19. The first-order chi connectivity index (χ1) is 14.2. The molecular weight excluding hydrogens is 489 g/mol. The Morgan fingerprint density at radius 2 is 1.77 bits per heavy atom. The lowest BCUT2D eigenvalue weighted by molar-refractivity contribution is 0.197. The number of piperazine rings is 1. The standard InChI is InChI=1S/C23H33N5O.HI/c1-19(27-12-14-28(15-13-27)21-9-5-4-6-10-21)17-25-23(24-2)26-18-20-8-7-11-22(16-20)29-3;/h4-11,16,19H,12-15,17-18H2,1-3H3,(H2,24,25,26);1H. The Labute approximate surface area is 197 Å². The van der Waals surface area contributed by atoms with Gasteiger partial charge in [-0.2, -0.15) is 0 Å². The van der Waals surface area contributed by atoms with Gasteiger partial charge in [0.15, 0.2) is 5.96 Å². The van der Waals surface area contributed by atoms with Crippen LogP contribution in [0, 0.1) is 0 Å². The van der Waals surface area contributed by atoms with Gasteiger partial charge in [-0.3, -0.25) is 9.89 Å². The zero-order valence-corrected chi connectivity index (χ0v) is 20.5. The molecule has 2 aromatic carbocycles. The number of nitrogens with zero attached hydrogens (tertiary/aromatic N) is 3. The Morgan fingerprint density at radius 1 is 1.03 bits per heavy atom. The van der Waals surface area contributed by atoms with Gasteiger partial charge in [0, 0.05) is 58.0 Å². The van der Waals surface area contributed by atoms with Gasteiger partial charge in [0.25, 0.3) is 0 Å². The summed E-state index contributed by atoms with van der Waals surface area (Å²) in [4.78, 5) is 9.36. The third-order valence-corrected chi connectivity index (χ3v) is 5.44. The van der Waals surface area contributed by atoms with Crippen LogP contribution in [0.5, 0.6) is 5.75 Å². The maximum atomic E-state index is 5.29. The third-order valence-electron chi connectivity index (χ3n) is 5.44. The number of aliphatic imine (C=N–C) groups is 1. The van der Waals surface area contributed by atoms with Crippen LogP contribution < -0.4 is 20.3 Å². The second kappa shape index (κ2) is 12.6. The lowest BCUT2D eigenvalue weighted by Gasteiger charge is -2.39. The van der Waals surface area contributed by atoms with Gasteiger partial charge in [0.05, 0.1) is 7.11 Å². The maximum absolute atomic E-state index is 5.29. The number of rotatable bonds is 7. The summed E-state index contributed by atoms with van der Waals surface area (Å²) in [7, 11) is 3.50. The van der Waals surface area contributed by atoms with Gasteiger partial charge < -0.3 is 20.3 Å². The summed E-state index contributed by atoms with van der Waals surface area (Å²) in [6.07, 6.45) is 0. The van der Waals surface area contributed by atoms with Crippen LogP contribution >= 0.6 is 24.0 Å². The van der Waals surface area contributed by atoms with E-state index < -0.39 is 0 Å². The van der Waals surface area contributed by atoms with Crippen molar-refractivity contribution in [1.82, 2.24) is 15.5 Å². The van der Waals surface area contributed by atoms with Crippen molar-refractivity contribution in [3.63, 3.8) is 0 Å². The topological polar surface area (TPSA) is 52.1 Å². The Kier molecular flexibility index (Phi) is 10.2. The van der Waals surface area contributed by atoms with E-state index in [1.807, 2.05) is 25.2 Å². The normalized spacial score (nSPS) is 15.8. The summed E-state index contributed by atoms with van der Waals surface area (Å²) < 4.78 is 5.29. The molecule has 1 aliphatic rings. The number of hydrogen-bond acceptors (Lipinski definition) is 4. The van der Waals surface area contributed by atoms with Crippen LogP contribution in [0.1, 0.15) is 12.5 Å². The number of guanidine groups is 1. The first-order valence-electron chi connectivity index (χ1n) is 10.3. The molecule has 0 amide bonds. The number of hydrogen-bond donors (Lipinski definition) is 2. The van der Waals surface area contributed by atoms with E-state index >= 15 is 0 Å².